The molecular weight excluding hydrogens is 476 g/mol. The lowest BCUT2D eigenvalue weighted by Crippen LogP contribution is -2.33. The maximum Gasteiger partial charge on any atom is 0.337 e. The molecule has 0 aliphatic carbocycles. The first kappa shape index (κ1) is 25.3. The van der Waals surface area contributed by atoms with Crippen LogP contribution in [-0.2, 0) is 9.53 Å². The third kappa shape index (κ3) is 5.37. The maximum absolute atomic E-state index is 13.1. The molecule has 4 rings (SSSR count). The Bertz CT molecular complexity index is 1300. The summed E-state index contributed by atoms with van der Waals surface area (Å²) in [5, 5.41) is 4.81. The molecule has 1 aliphatic heterocycles. The Labute approximate surface area is 214 Å². The summed E-state index contributed by atoms with van der Waals surface area (Å²) in [5.74, 6) is -1.38. The zero-order chi connectivity index (χ0) is 25.8. The van der Waals surface area contributed by atoms with Gasteiger partial charge in [-0.15, -0.1) is 11.3 Å². The second-order valence-electron chi connectivity index (χ2n) is 8.77. The minimum absolute atomic E-state index is 0.0589. The number of nitrogens with one attached hydrogen (secondary N) is 1. The van der Waals surface area contributed by atoms with Gasteiger partial charge >= 0.3 is 5.97 Å². The number of rotatable bonds is 8. The molecule has 36 heavy (non-hydrogen) atoms. The van der Waals surface area contributed by atoms with E-state index in [1.54, 1.807) is 54.4 Å². The van der Waals surface area contributed by atoms with Crippen LogP contribution >= 0.6 is 11.3 Å². The van der Waals surface area contributed by atoms with Crippen LogP contribution in [0.5, 0.6) is 0 Å². The number of amides is 2. The Hall–Kier alpha value is -3.82. The van der Waals surface area contributed by atoms with Crippen molar-refractivity contribution in [1.82, 2.24) is 9.80 Å². The molecule has 1 aromatic heterocycles. The number of hydrogen-bond donors (Lipinski definition) is 1. The van der Waals surface area contributed by atoms with Crippen molar-refractivity contribution < 1.29 is 19.1 Å². The summed E-state index contributed by atoms with van der Waals surface area (Å²) in [6.07, 6.45) is 0. The lowest BCUT2D eigenvalue weighted by molar-refractivity contribution is -0.115. The quantitative estimate of drug-likeness (QED) is 0.370. The van der Waals surface area contributed by atoms with Gasteiger partial charge in [0.05, 0.1) is 24.1 Å². The molecule has 1 atom stereocenters. The molecule has 1 aliphatic rings. The van der Waals surface area contributed by atoms with Gasteiger partial charge < -0.3 is 19.9 Å². The molecule has 2 heterocycles. The molecule has 0 saturated carbocycles. The zero-order valence-electron chi connectivity index (χ0n) is 20.6. The lowest BCUT2D eigenvalue weighted by atomic mass is 9.93. The fraction of sp³-hybridized carbons (Fsp3) is 0.259. The first-order chi connectivity index (χ1) is 17.3. The van der Waals surface area contributed by atoms with E-state index in [4.69, 9.17) is 9.73 Å². The van der Waals surface area contributed by atoms with Crippen molar-refractivity contribution in [2.24, 2.45) is 4.99 Å². The third-order valence-electron chi connectivity index (χ3n) is 5.95. The number of esters is 1. The Morgan fingerprint density at radius 2 is 1.75 bits per heavy atom. The van der Waals surface area contributed by atoms with Crippen LogP contribution in [0, 0.1) is 0 Å². The molecule has 2 aromatic carbocycles. The number of aliphatic imine (C=N–C) groups is 1. The van der Waals surface area contributed by atoms with E-state index in [1.807, 2.05) is 36.5 Å². The number of carbonyl (C=O) groups excluding carboxylic acids is 3. The highest BCUT2D eigenvalue weighted by atomic mass is 32.1. The predicted molar refractivity (Wildman–Crippen MR) is 142 cm³/mol. The van der Waals surface area contributed by atoms with Crippen LogP contribution in [0.4, 0.5) is 11.4 Å². The Morgan fingerprint density at radius 1 is 1.03 bits per heavy atom. The van der Waals surface area contributed by atoms with Gasteiger partial charge in [-0.25, -0.2) is 4.79 Å². The number of benzene rings is 2. The molecule has 0 fully saturated rings. The van der Waals surface area contributed by atoms with Crippen molar-refractivity contribution >= 4 is 46.2 Å². The average Bonchev–Trinajstić information content (AvgIpc) is 3.52. The summed E-state index contributed by atoms with van der Waals surface area (Å²) < 4.78 is 4.80. The Morgan fingerprint density at radius 3 is 2.39 bits per heavy atom. The second-order valence-corrected chi connectivity index (χ2v) is 9.71. The van der Waals surface area contributed by atoms with Gasteiger partial charge in [0.2, 0.25) is 5.91 Å². The topological polar surface area (TPSA) is 91.3 Å². The zero-order valence-corrected chi connectivity index (χ0v) is 21.5. The van der Waals surface area contributed by atoms with Crippen LogP contribution in [0.3, 0.4) is 0 Å². The first-order valence-electron chi connectivity index (χ1n) is 11.4. The number of carbonyl (C=O) groups is 3. The summed E-state index contributed by atoms with van der Waals surface area (Å²) in [4.78, 5) is 47.2. The number of thiophene rings is 1. The molecule has 1 N–H and O–H groups in total. The molecule has 0 radical (unpaired) electrons. The van der Waals surface area contributed by atoms with Gasteiger partial charge in [-0.1, -0.05) is 12.1 Å². The van der Waals surface area contributed by atoms with Crippen molar-refractivity contribution in [2.45, 2.75) is 5.92 Å². The highest BCUT2D eigenvalue weighted by molar-refractivity contribution is 7.12. The van der Waals surface area contributed by atoms with Crippen LogP contribution in [-0.4, -0.2) is 74.6 Å². The Kier molecular flexibility index (Phi) is 7.61. The van der Waals surface area contributed by atoms with E-state index in [0.717, 1.165) is 17.0 Å². The van der Waals surface area contributed by atoms with Crippen LogP contribution in [0.15, 0.2) is 65.0 Å². The van der Waals surface area contributed by atoms with Crippen LogP contribution in [0.25, 0.3) is 0 Å². The fourth-order valence-electron chi connectivity index (χ4n) is 3.95. The minimum Gasteiger partial charge on any atom is -0.465 e. The number of likely N-dealkylation sites (N-methyl/N-ethyl adjacent to an activating group) is 2. The van der Waals surface area contributed by atoms with Crippen molar-refractivity contribution in [2.75, 3.05) is 46.7 Å². The first-order valence-corrected chi connectivity index (χ1v) is 12.3. The van der Waals surface area contributed by atoms with E-state index in [9.17, 15) is 14.4 Å². The van der Waals surface area contributed by atoms with Crippen LogP contribution < -0.4 is 5.32 Å². The summed E-state index contributed by atoms with van der Waals surface area (Å²) in [5.41, 5.74) is 3.50. The van der Waals surface area contributed by atoms with Gasteiger partial charge in [-0.05, 0) is 67.5 Å². The second kappa shape index (κ2) is 10.8. The maximum atomic E-state index is 13.1. The van der Waals surface area contributed by atoms with Crippen molar-refractivity contribution in [1.29, 1.82) is 0 Å². The van der Waals surface area contributed by atoms with Gasteiger partial charge in [-0.3, -0.25) is 14.6 Å². The number of anilines is 1. The summed E-state index contributed by atoms with van der Waals surface area (Å²) in [6.45, 7) is 1.41. The summed E-state index contributed by atoms with van der Waals surface area (Å²) in [7, 11) is 7.04. The van der Waals surface area contributed by atoms with Crippen LogP contribution in [0.1, 0.15) is 37.1 Å². The molecule has 0 spiro atoms. The van der Waals surface area contributed by atoms with Gasteiger partial charge in [0.1, 0.15) is 5.92 Å². The third-order valence-corrected chi connectivity index (χ3v) is 6.84. The highest BCUT2D eigenvalue weighted by Crippen LogP contribution is 2.37. The smallest absolute Gasteiger partial charge is 0.337 e. The number of fused-ring (bicyclic) bond motifs is 1. The molecule has 2 amide bonds. The molecule has 3 aromatic rings. The van der Waals surface area contributed by atoms with E-state index < -0.39 is 11.9 Å². The lowest BCUT2D eigenvalue weighted by Gasteiger charge is -2.19. The fourth-order valence-corrected chi connectivity index (χ4v) is 4.70. The van der Waals surface area contributed by atoms with Crippen molar-refractivity contribution in [3.63, 3.8) is 0 Å². The summed E-state index contributed by atoms with van der Waals surface area (Å²) >= 11 is 1.50. The normalized spacial score (nSPS) is 15.0. The molecule has 186 valence electrons. The molecular formula is C27H28N4O4S. The van der Waals surface area contributed by atoms with E-state index >= 15 is 0 Å². The standard InChI is InChI=1S/C27H28N4O4S/c1-30(2)13-14-31(3)26(33)17-7-10-19(11-8-17)28-24(22-6-5-15-36-22)23-20-12-9-18(27(34)35-4)16-21(20)29-25(23)32/h5-12,15-16,23H,13-14H2,1-4H3,(H,29,32). The monoisotopic (exact) mass is 504 g/mol. The number of nitrogens with zero attached hydrogens (tertiary/aromatic N) is 3. The number of ether oxygens (including phenoxy) is 1. The van der Waals surface area contributed by atoms with Gasteiger partial charge in [-0.2, -0.15) is 0 Å². The average molecular weight is 505 g/mol. The molecule has 1 unspecified atom stereocenters. The highest BCUT2D eigenvalue weighted by Gasteiger charge is 2.36. The van der Waals surface area contributed by atoms with E-state index in [1.165, 1.54) is 18.4 Å². The predicted octanol–water partition coefficient (Wildman–Crippen LogP) is 4.03. The van der Waals surface area contributed by atoms with E-state index in [-0.39, 0.29) is 11.8 Å². The van der Waals surface area contributed by atoms with E-state index in [2.05, 4.69) is 5.32 Å². The van der Waals surface area contributed by atoms with Gasteiger partial charge in [0, 0.05) is 36.3 Å². The molecule has 8 nitrogen and oxygen atoms in total. The van der Waals surface area contributed by atoms with E-state index in [0.29, 0.717) is 34.8 Å². The summed E-state index contributed by atoms with van der Waals surface area (Å²) in [6, 6.07) is 16.0. The largest absolute Gasteiger partial charge is 0.465 e. The van der Waals surface area contributed by atoms with Crippen molar-refractivity contribution in [3.05, 3.63) is 81.5 Å². The van der Waals surface area contributed by atoms with Crippen LogP contribution in [0.2, 0.25) is 0 Å². The SMILES string of the molecule is COC(=O)c1ccc2c(c1)NC(=O)C2C(=Nc1ccc(C(=O)N(C)CCN(C)C)cc1)c1cccs1. The van der Waals surface area contributed by atoms with Gasteiger partial charge in [0.25, 0.3) is 5.91 Å². The molecule has 0 bridgehead atoms. The number of methoxy groups -OCH3 is 1. The Balaban J connectivity index is 1.65. The molecule has 0 saturated heterocycles. The molecule has 9 heteroatoms. The van der Waals surface area contributed by atoms with Gasteiger partial charge in [0.15, 0.2) is 0 Å². The van der Waals surface area contributed by atoms with Crippen molar-refractivity contribution in [3.8, 4) is 0 Å². The number of hydrogen-bond acceptors (Lipinski definition) is 7. The minimum atomic E-state index is -0.635.